The molecule has 1 amide bonds. The van der Waals surface area contributed by atoms with Crippen molar-refractivity contribution in [2.45, 2.75) is 78.4 Å². The van der Waals surface area contributed by atoms with Gasteiger partial charge in [-0.3, -0.25) is 0 Å². The normalized spacial score (nSPS) is 30.3. The lowest BCUT2D eigenvalue weighted by Crippen LogP contribution is -2.48. The van der Waals surface area contributed by atoms with Crippen LogP contribution in [0.5, 0.6) is 0 Å². The quantitative estimate of drug-likeness (QED) is 0.848. The topological polar surface area (TPSA) is 41.6 Å². The van der Waals surface area contributed by atoms with Gasteiger partial charge in [0.05, 0.1) is 0 Å². The first kappa shape index (κ1) is 18.6. The number of hydrogen-bond acceptors (Lipinski definition) is 3. The van der Waals surface area contributed by atoms with Gasteiger partial charge in [0, 0.05) is 19.1 Å². The highest BCUT2D eigenvalue weighted by atomic mass is 16.6. The average Bonchev–Trinajstić information content (AvgIpc) is 2.88. The maximum Gasteiger partial charge on any atom is 0.410 e. The fourth-order valence-corrected chi connectivity index (χ4v) is 3.94. The molecular weight excluding hydrogens is 288 g/mol. The third-order valence-corrected chi connectivity index (χ3v) is 5.56. The van der Waals surface area contributed by atoms with E-state index < -0.39 is 5.60 Å². The number of nitrogens with zero attached hydrogens (tertiary/aromatic N) is 1. The predicted octanol–water partition coefficient (Wildman–Crippen LogP) is 4.05. The van der Waals surface area contributed by atoms with Crippen molar-refractivity contribution in [1.29, 1.82) is 0 Å². The average molecular weight is 325 g/mol. The monoisotopic (exact) mass is 324 g/mol. The van der Waals surface area contributed by atoms with Crippen molar-refractivity contribution in [3.8, 4) is 0 Å². The maximum atomic E-state index is 12.3. The summed E-state index contributed by atoms with van der Waals surface area (Å²) in [5.74, 6) is 2.23. The van der Waals surface area contributed by atoms with Crippen LogP contribution in [0, 0.1) is 17.8 Å². The van der Waals surface area contributed by atoms with Crippen LogP contribution in [0.4, 0.5) is 4.79 Å². The second-order valence-electron chi connectivity index (χ2n) is 8.69. The fraction of sp³-hybridized carbons (Fsp3) is 0.947. The number of piperidine rings is 1. The molecule has 1 aliphatic heterocycles. The minimum Gasteiger partial charge on any atom is -0.444 e. The van der Waals surface area contributed by atoms with Crippen LogP contribution in [0.3, 0.4) is 0 Å². The van der Waals surface area contributed by atoms with Gasteiger partial charge in [-0.15, -0.1) is 0 Å². The van der Waals surface area contributed by atoms with Gasteiger partial charge < -0.3 is 15.0 Å². The highest BCUT2D eigenvalue weighted by Crippen LogP contribution is 2.31. The minimum atomic E-state index is -0.410. The van der Waals surface area contributed by atoms with Crippen LogP contribution in [0.15, 0.2) is 0 Å². The van der Waals surface area contributed by atoms with E-state index in [1.807, 2.05) is 25.7 Å². The Kier molecular flexibility index (Phi) is 6.35. The summed E-state index contributed by atoms with van der Waals surface area (Å²) < 4.78 is 5.53. The molecule has 23 heavy (non-hydrogen) atoms. The molecule has 0 aromatic heterocycles. The molecular formula is C19H36N2O2. The molecule has 1 N–H and O–H groups in total. The van der Waals surface area contributed by atoms with Crippen molar-refractivity contribution >= 4 is 6.09 Å². The van der Waals surface area contributed by atoms with Crippen molar-refractivity contribution < 1.29 is 9.53 Å². The highest BCUT2D eigenvalue weighted by Gasteiger charge is 2.31. The zero-order valence-corrected chi connectivity index (χ0v) is 15.7. The molecule has 1 aliphatic carbocycles. The summed E-state index contributed by atoms with van der Waals surface area (Å²) in [6.07, 6.45) is 6.27. The van der Waals surface area contributed by atoms with Crippen LogP contribution in [-0.4, -0.2) is 42.3 Å². The van der Waals surface area contributed by atoms with E-state index in [0.717, 1.165) is 37.9 Å². The molecule has 0 aromatic carbocycles. The zero-order valence-electron chi connectivity index (χ0n) is 15.7. The third kappa shape index (κ3) is 5.66. The van der Waals surface area contributed by atoms with Crippen LogP contribution in [-0.2, 0) is 4.74 Å². The van der Waals surface area contributed by atoms with Crippen LogP contribution >= 0.6 is 0 Å². The lowest BCUT2D eigenvalue weighted by Gasteiger charge is -2.37. The van der Waals surface area contributed by atoms with Gasteiger partial charge >= 0.3 is 6.09 Å². The molecule has 0 radical (unpaired) electrons. The van der Waals surface area contributed by atoms with Crippen LogP contribution in [0.2, 0.25) is 0 Å². The van der Waals surface area contributed by atoms with E-state index >= 15 is 0 Å². The van der Waals surface area contributed by atoms with Gasteiger partial charge in [-0.25, -0.2) is 4.79 Å². The fourth-order valence-electron chi connectivity index (χ4n) is 3.94. The molecule has 0 spiro atoms. The lowest BCUT2D eigenvalue weighted by atomic mass is 9.90. The summed E-state index contributed by atoms with van der Waals surface area (Å²) in [7, 11) is 0. The summed E-state index contributed by atoms with van der Waals surface area (Å²) in [5.41, 5.74) is -0.410. The first-order valence-corrected chi connectivity index (χ1v) is 9.47. The second-order valence-corrected chi connectivity index (χ2v) is 8.69. The number of amides is 1. The van der Waals surface area contributed by atoms with Gasteiger partial charge in [-0.2, -0.15) is 0 Å². The molecule has 1 heterocycles. The summed E-state index contributed by atoms with van der Waals surface area (Å²) in [6, 6.07) is 0.466. The first-order chi connectivity index (χ1) is 10.8. The second kappa shape index (κ2) is 7.87. The van der Waals surface area contributed by atoms with Gasteiger partial charge in [-0.1, -0.05) is 19.8 Å². The molecule has 4 nitrogen and oxygen atoms in total. The van der Waals surface area contributed by atoms with Gasteiger partial charge in [0.2, 0.25) is 0 Å². The Morgan fingerprint density at radius 1 is 1.26 bits per heavy atom. The molecule has 2 fully saturated rings. The number of ether oxygens (including phenoxy) is 1. The lowest BCUT2D eigenvalue weighted by molar-refractivity contribution is 0.0147. The first-order valence-electron chi connectivity index (χ1n) is 9.47. The van der Waals surface area contributed by atoms with Gasteiger partial charge in [-0.05, 0) is 71.3 Å². The summed E-state index contributed by atoms with van der Waals surface area (Å²) in [6.45, 7) is 13.2. The number of hydrogen-bond donors (Lipinski definition) is 1. The van der Waals surface area contributed by atoms with Crippen molar-refractivity contribution in [1.82, 2.24) is 10.2 Å². The largest absolute Gasteiger partial charge is 0.444 e. The number of rotatable bonds is 4. The number of nitrogens with one attached hydrogen (secondary N) is 1. The minimum absolute atomic E-state index is 0.154. The molecule has 4 atom stereocenters. The van der Waals surface area contributed by atoms with E-state index in [-0.39, 0.29) is 6.09 Å². The molecule has 0 bridgehead atoms. The molecule has 2 aliphatic rings. The van der Waals surface area contributed by atoms with Crippen LogP contribution in [0.1, 0.15) is 66.7 Å². The number of carbonyl (C=O) groups is 1. The molecule has 1 saturated heterocycles. The van der Waals surface area contributed by atoms with E-state index in [4.69, 9.17) is 4.74 Å². The standard InChI is InChI=1S/C19H36N2O2/c1-14-8-6-9-16(14)12-20-15(2)17-10-7-11-21(13-17)18(22)23-19(3,4)5/h14-17,20H,6-13H2,1-5H3. The predicted molar refractivity (Wildman–Crippen MR) is 94.5 cm³/mol. The van der Waals surface area contributed by atoms with E-state index in [0.29, 0.717) is 12.0 Å². The number of carbonyl (C=O) groups excluding carboxylic acids is 1. The molecule has 2 rings (SSSR count). The van der Waals surface area contributed by atoms with Crippen molar-refractivity contribution in [3.63, 3.8) is 0 Å². The molecule has 4 unspecified atom stereocenters. The van der Waals surface area contributed by atoms with Crippen LogP contribution in [0.25, 0.3) is 0 Å². The van der Waals surface area contributed by atoms with Gasteiger partial charge in [0.1, 0.15) is 5.60 Å². The maximum absolute atomic E-state index is 12.3. The third-order valence-electron chi connectivity index (χ3n) is 5.56. The van der Waals surface area contributed by atoms with E-state index in [9.17, 15) is 4.79 Å². The highest BCUT2D eigenvalue weighted by molar-refractivity contribution is 5.68. The molecule has 1 saturated carbocycles. The molecule has 0 aromatic rings. The Hall–Kier alpha value is -0.770. The number of likely N-dealkylation sites (tertiary alicyclic amines) is 1. The Labute approximate surface area is 142 Å². The van der Waals surface area contributed by atoms with Crippen LogP contribution < -0.4 is 5.32 Å². The summed E-state index contributed by atoms with van der Waals surface area (Å²) in [5, 5.41) is 3.75. The van der Waals surface area contributed by atoms with E-state index in [1.165, 1.54) is 25.7 Å². The summed E-state index contributed by atoms with van der Waals surface area (Å²) in [4.78, 5) is 14.2. The molecule has 134 valence electrons. The molecule has 4 heteroatoms. The smallest absolute Gasteiger partial charge is 0.410 e. The SMILES string of the molecule is CC1CCCC1CNC(C)C1CCCN(C(=O)OC(C)(C)C)C1. The Bertz CT molecular complexity index is 391. The summed E-state index contributed by atoms with van der Waals surface area (Å²) >= 11 is 0. The Morgan fingerprint density at radius 2 is 2.00 bits per heavy atom. The van der Waals surface area contributed by atoms with Crippen molar-refractivity contribution in [3.05, 3.63) is 0 Å². The van der Waals surface area contributed by atoms with E-state index in [2.05, 4.69) is 19.2 Å². The Balaban J connectivity index is 1.79. The Morgan fingerprint density at radius 3 is 2.61 bits per heavy atom. The van der Waals surface area contributed by atoms with E-state index in [1.54, 1.807) is 0 Å². The van der Waals surface area contributed by atoms with Gasteiger partial charge in [0.15, 0.2) is 0 Å². The van der Waals surface area contributed by atoms with Crippen molar-refractivity contribution in [2.75, 3.05) is 19.6 Å². The van der Waals surface area contributed by atoms with Gasteiger partial charge in [0.25, 0.3) is 0 Å². The van der Waals surface area contributed by atoms with Crippen molar-refractivity contribution in [2.24, 2.45) is 17.8 Å². The zero-order chi connectivity index (χ0) is 17.0.